The summed E-state index contributed by atoms with van der Waals surface area (Å²) in [6, 6.07) is 2.35. The van der Waals surface area contributed by atoms with Crippen LogP contribution in [0.15, 0.2) is 0 Å². The van der Waals surface area contributed by atoms with E-state index >= 15 is 0 Å². The number of hydrogen-bond acceptors (Lipinski definition) is 4. The van der Waals surface area contributed by atoms with Crippen LogP contribution in [-0.2, 0) is 0 Å². The van der Waals surface area contributed by atoms with Crippen LogP contribution in [0, 0.1) is 35.5 Å². The molecule has 4 bridgehead atoms. The third kappa shape index (κ3) is 2.93. The zero-order valence-corrected chi connectivity index (χ0v) is 16.9. The van der Waals surface area contributed by atoms with Crippen molar-refractivity contribution in [2.45, 2.75) is 82.0 Å². The van der Waals surface area contributed by atoms with Gasteiger partial charge in [0.15, 0.2) is 0 Å². The molecule has 0 radical (unpaired) electrons. The normalized spacial score (nSPS) is 55.4. The fraction of sp³-hybridized carbons (Fsp3) is 1.00. The molecule has 0 aromatic carbocycles. The minimum Gasteiger partial charge on any atom is -0.392 e. The molecule has 6 fully saturated rings. The van der Waals surface area contributed by atoms with Gasteiger partial charge in [0.1, 0.15) is 0 Å². The van der Waals surface area contributed by atoms with Gasteiger partial charge in [0.25, 0.3) is 0 Å². The average Bonchev–Trinajstić information content (AvgIpc) is 3.05. The Bertz CT molecular complexity index is 526. The third-order valence-corrected chi connectivity index (χ3v) is 9.82. The van der Waals surface area contributed by atoms with E-state index in [9.17, 15) is 5.11 Å². The highest BCUT2D eigenvalue weighted by molar-refractivity contribution is 5.04. The van der Waals surface area contributed by atoms with Gasteiger partial charge in [-0.2, -0.15) is 0 Å². The molecule has 3 saturated carbocycles. The largest absolute Gasteiger partial charge is 0.392 e. The molecule has 3 N–H and O–H groups in total. The summed E-state index contributed by atoms with van der Waals surface area (Å²) in [5.74, 6) is 4.84. The number of piperidine rings is 3. The van der Waals surface area contributed by atoms with Gasteiger partial charge in [0, 0.05) is 31.2 Å². The molecule has 3 heterocycles. The number of fused-ring (bicyclic) bond motifs is 5. The van der Waals surface area contributed by atoms with Crippen LogP contribution in [0.3, 0.4) is 0 Å². The monoisotopic (exact) mass is 373 g/mol. The standard InChI is InChI=1S/C23H39N3O/c27-23-16-6-7-17(23)13-26(12-16)21-3-1-2-19-18(21)8-9-20(25-19)22-14-4-5-15(22)11-24-10-14/h14-25,27H,1-13H2. The molecular formula is C23H39N3O. The van der Waals surface area contributed by atoms with E-state index < -0.39 is 0 Å². The Morgan fingerprint density at radius 3 is 2.15 bits per heavy atom. The van der Waals surface area contributed by atoms with Crippen molar-refractivity contribution < 1.29 is 5.11 Å². The Morgan fingerprint density at radius 2 is 1.41 bits per heavy atom. The lowest BCUT2D eigenvalue weighted by molar-refractivity contribution is -0.0353. The minimum atomic E-state index is 0.00452. The van der Waals surface area contributed by atoms with Crippen molar-refractivity contribution in [1.29, 1.82) is 0 Å². The molecule has 27 heavy (non-hydrogen) atoms. The Labute approximate surface area is 164 Å². The topological polar surface area (TPSA) is 47.5 Å². The van der Waals surface area contributed by atoms with Gasteiger partial charge in [-0.05, 0) is 100.0 Å². The van der Waals surface area contributed by atoms with Crippen molar-refractivity contribution >= 4 is 0 Å². The molecular weight excluding hydrogens is 334 g/mol. The minimum absolute atomic E-state index is 0.00452. The number of rotatable bonds is 2. The second-order valence-corrected chi connectivity index (χ2v) is 11.0. The van der Waals surface area contributed by atoms with E-state index in [0.29, 0.717) is 11.8 Å². The van der Waals surface area contributed by atoms with Gasteiger partial charge < -0.3 is 15.7 Å². The summed E-state index contributed by atoms with van der Waals surface area (Å²) < 4.78 is 0. The number of aliphatic hydroxyl groups is 1. The highest BCUT2D eigenvalue weighted by atomic mass is 16.3. The molecule has 152 valence electrons. The van der Waals surface area contributed by atoms with Crippen molar-refractivity contribution in [3.63, 3.8) is 0 Å². The van der Waals surface area contributed by atoms with E-state index in [1.165, 1.54) is 84.0 Å². The molecule has 0 aromatic heterocycles. The zero-order valence-electron chi connectivity index (χ0n) is 16.9. The lowest BCUT2D eigenvalue weighted by atomic mass is 9.69. The first kappa shape index (κ1) is 17.7. The van der Waals surface area contributed by atoms with E-state index in [1.807, 2.05) is 0 Å². The summed E-state index contributed by atoms with van der Waals surface area (Å²) in [7, 11) is 0. The lowest BCUT2D eigenvalue weighted by Gasteiger charge is -2.52. The van der Waals surface area contributed by atoms with Gasteiger partial charge >= 0.3 is 0 Å². The Morgan fingerprint density at radius 1 is 0.704 bits per heavy atom. The lowest BCUT2D eigenvalue weighted by Crippen LogP contribution is -2.62. The van der Waals surface area contributed by atoms with Crippen molar-refractivity contribution in [2.24, 2.45) is 35.5 Å². The zero-order chi connectivity index (χ0) is 18.0. The van der Waals surface area contributed by atoms with Crippen LogP contribution >= 0.6 is 0 Å². The maximum Gasteiger partial charge on any atom is 0.0620 e. The Balaban J connectivity index is 1.14. The highest BCUT2D eigenvalue weighted by Gasteiger charge is 2.49. The number of nitrogens with zero attached hydrogens (tertiary/aromatic N) is 1. The summed E-state index contributed by atoms with van der Waals surface area (Å²) in [4.78, 5) is 2.84. The fourth-order valence-corrected chi connectivity index (χ4v) is 8.62. The van der Waals surface area contributed by atoms with Crippen molar-refractivity contribution in [1.82, 2.24) is 15.5 Å². The van der Waals surface area contributed by atoms with Crippen LogP contribution in [0.25, 0.3) is 0 Å². The molecule has 6 aliphatic rings. The second kappa shape index (κ2) is 6.97. The van der Waals surface area contributed by atoms with Gasteiger partial charge in [0.2, 0.25) is 0 Å². The molecule has 4 nitrogen and oxygen atoms in total. The van der Waals surface area contributed by atoms with Crippen molar-refractivity contribution in [3.05, 3.63) is 0 Å². The predicted molar refractivity (Wildman–Crippen MR) is 107 cm³/mol. The molecule has 8 unspecified atom stereocenters. The third-order valence-electron chi connectivity index (χ3n) is 9.82. The predicted octanol–water partition coefficient (Wildman–Crippen LogP) is 2.22. The van der Waals surface area contributed by atoms with Crippen molar-refractivity contribution in [3.8, 4) is 0 Å². The van der Waals surface area contributed by atoms with Gasteiger partial charge in [-0.3, -0.25) is 4.90 Å². The molecule has 6 rings (SSSR count). The van der Waals surface area contributed by atoms with Crippen LogP contribution < -0.4 is 10.6 Å². The average molecular weight is 374 g/mol. The van der Waals surface area contributed by atoms with Gasteiger partial charge in [-0.1, -0.05) is 6.42 Å². The smallest absolute Gasteiger partial charge is 0.0620 e. The second-order valence-electron chi connectivity index (χ2n) is 11.0. The van der Waals surface area contributed by atoms with E-state index in [2.05, 4.69) is 15.5 Å². The van der Waals surface area contributed by atoms with Gasteiger partial charge in [0.05, 0.1) is 6.10 Å². The summed E-state index contributed by atoms with van der Waals surface area (Å²) in [6.45, 7) is 4.89. The molecule has 0 aromatic rings. The van der Waals surface area contributed by atoms with Crippen LogP contribution in [-0.4, -0.2) is 60.4 Å². The molecule has 0 amide bonds. The summed E-state index contributed by atoms with van der Waals surface area (Å²) in [6.07, 6.45) is 12.5. The summed E-state index contributed by atoms with van der Waals surface area (Å²) in [5.41, 5.74) is 0. The number of nitrogens with one attached hydrogen (secondary N) is 2. The Hall–Kier alpha value is -0.160. The maximum absolute atomic E-state index is 10.4. The van der Waals surface area contributed by atoms with Crippen LogP contribution in [0.2, 0.25) is 0 Å². The van der Waals surface area contributed by atoms with Gasteiger partial charge in [-0.15, -0.1) is 0 Å². The summed E-state index contributed by atoms with van der Waals surface area (Å²) >= 11 is 0. The van der Waals surface area contributed by atoms with Gasteiger partial charge in [-0.25, -0.2) is 0 Å². The first-order chi connectivity index (χ1) is 13.3. The maximum atomic E-state index is 10.4. The van der Waals surface area contributed by atoms with E-state index in [-0.39, 0.29) is 6.10 Å². The first-order valence-corrected chi connectivity index (χ1v) is 12.2. The first-order valence-electron chi connectivity index (χ1n) is 12.2. The quantitative estimate of drug-likeness (QED) is 0.695. The molecule has 3 aliphatic carbocycles. The van der Waals surface area contributed by atoms with Crippen LogP contribution in [0.5, 0.6) is 0 Å². The molecule has 4 heteroatoms. The Kier molecular flexibility index (Phi) is 4.56. The van der Waals surface area contributed by atoms with Crippen LogP contribution in [0.1, 0.15) is 57.8 Å². The van der Waals surface area contributed by atoms with E-state index in [4.69, 9.17) is 0 Å². The summed E-state index contributed by atoms with van der Waals surface area (Å²) in [5, 5.41) is 18.4. The number of hydrogen-bond donors (Lipinski definition) is 3. The van der Waals surface area contributed by atoms with E-state index in [1.54, 1.807) is 0 Å². The van der Waals surface area contributed by atoms with E-state index in [0.717, 1.165) is 41.8 Å². The number of likely N-dealkylation sites (tertiary alicyclic amines) is 1. The molecule has 3 aliphatic heterocycles. The van der Waals surface area contributed by atoms with Crippen molar-refractivity contribution in [2.75, 3.05) is 26.2 Å². The fourth-order valence-electron chi connectivity index (χ4n) is 8.62. The molecule has 3 saturated heterocycles. The van der Waals surface area contributed by atoms with Crippen LogP contribution in [0.4, 0.5) is 0 Å². The molecule has 8 atom stereocenters. The SMILES string of the molecule is OC1C2CCC1CN(C1CCCC3NC(C4C5CCC4CNC5)CCC31)C2. The highest BCUT2D eigenvalue weighted by Crippen LogP contribution is 2.46. The molecule has 0 spiro atoms. The number of aliphatic hydroxyl groups excluding tert-OH is 1.